The fraction of sp³-hybridized carbons (Fsp3) is 0.692. The minimum Gasteiger partial charge on any atom is -0.386 e. The molecule has 1 saturated heterocycles. The van der Waals surface area contributed by atoms with Crippen LogP contribution >= 0.6 is 0 Å². The van der Waals surface area contributed by atoms with Gasteiger partial charge in [-0.15, -0.1) is 13.2 Å². The van der Waals surface area contributed by atoms with Crippen LogP contribution in [0.15, 0.2) is 25.3 Å². The Hall–Kier alpha value is -0.640. The van der Waals surface area contributed by atoms with E-state index in [0.29, 0.717) is 0 Å². The Bertz CT molecular complexity index is 268. The van der Waals surface area contributed by atoms with Crippen LogP contribution in [-0.2, 0) is 9.47 Å². The maximum Gasteiger partial charge on any atom is 0.169 e. The lowest BCUT2D eigenvalue weighted by atomic mass is 9.94. The topological polar surface area (TPSA) is 38.7 Å². The zero-order valence-corrected chi connectivity index (χ0v) is 9.60. The van der Waals surface area contributed by atoms with Gasteiger partial charge in [-0.05, 0) is 12.8 Å². The smallest absolute Gasteiger partial charge is 0.169 e. The first-order valence-electron chi connectivity index (χ1n) is 5.99. The van der Waals surface area contributed by atoms with E-state index in [1.165, 1.54) is 12.5 Å². The van der Waals surface area contributed by atoms with Gasteiger partial charge < -0.3 is 14.6 Å². The Labute approximate surface area is 96.7 Å². The van der Waals surface area contributed by atoms with Crippen molar-refractivity contribution in [1.82, 2.24) is 0 Å². The first-order chi connectivity index (χ1) is 7.71. The highest BCUT2D eigenvalue weighted by Crippen LogP contribution is 2.41. The largest absolute Gasteiger partial charge is 0.386 e. The maximum atomic E-state index is 9.80. The number of aliphatic hydroxyl groups is 1. The second-order valence-electron chi connectivity index (χ2n) is 4.60. The third-order valence-electron chi connectivity index (χ3n) is 3.45. The molecule has 1 spiro atoms. The van der Waals surface area contributed by atoms with Gasteiger partial charge in [-0.1, -0.05) is 18.6 Å². The number of aliphatic hydroxyl groups excluding tert-OH is 1. The third-order valence-corrected chi connectivity index (χ3v) is 3.45. The van der Waals surface area contributed by atoms with E-state index in [4.69, 9.17) is 9.47 Å². The van der Waals surface area contributed by atoms with Crippen molar-refractivity contribution in [3.05, 3.63) is 25.3 Å². The van der Waals surface area contributed by atoms with Crippen LogP contribution in [0.3, 0.4) is 0 Å². The van der Waals surface area contributed by atoms with E-state index in [1.807, 2.05) is 0 Å². The summed E-state index contributed by atoms with van der Waals surface area (Å²) in [6, 6.07) is 0. The minimum atomic E-state index is -0.690. The van der Waals surface area contributed by atoms with E-state index in [-0.39, 0.29) is 12.2 Å². The van der Waals surface area contributed by atoms with E-state index in [2.05, 4.69) is 13.2 Å². The normalized spacial score (nSPS) is 34.8. The molecular formula is C13H20O3. The zero-order valence-electron chi connectivity index (χ0n) is 9.60. The highest BCUT2D eigenvalue weighted by Gasteiger charge is 2.48. The molecule has 1 saturated carbocycles. The van der Waals surface area contributed by atoms with Crippen LogP contribution in [0.4, 0.5) is 0 Å². The van der Waals surface area contributed by atoms with Gasteiger partial charge >= 0.3 is 0 Å². The summed E-state index contributed by atoms with van der Waals surface area (Å²) in [5.74, 6) is -0.480. The molecule has 2 aliphatic rings. The standard InChI is InChI=1S/C13H20O3/c1-3-10(14)12-11(4-2)15-13(16-12)8-6-5-7-9-13/h3-4,10-12,14H,1-2,5-9H2. The van der Waals surface area contributed by atoms with Crippen LogP contribution in [-0.4, -0.2) is 29.2 Å². The lowest BCUT2D eigenvalue weighted by Crippen LogP contribution is -2.35. The first-order valence-corrected chi connectivity index (χ1v) is 5.99. The molecule has 0 amide bonds. The van der Waals surface area contributed by atoms with Crippen molar-refractivity contribution in [3.8, 4) is 0 Å². The van der Waals surface area contributed by atoms with Gasteiger partial charge in [0.05, 0.1) is 0 Å². The number of ether oxygens (including phenoxy) is 2. The molecule has 1 aliphatic carbocycles. The molecule has 2 fully saturated rings. The molecule has 3 unspecified atom stereocenters. The molecule has 90 valence electrons. The Morgan fingerprint density at radius 1 is 1.19 bits per heavy atom. The second-order valence-corrected chi connectivity index (χ2v) is 4.60. The average molecular weight is 224 g/mol. The second kappa shape index (κ2) is 4.70. The predicted molar refractivity (Wildman–Crippen MR) is 62.0 cm³/mol. The minimum absolute atomic E-state index is 0.230. The van der Waals surface area contributed by atoms with E-state index in [0.717, 1.165) is 25.7 Å². The summed E-state index contributed by atoms with van der Waals surface area (Å²) in [5.41, 5.74) is 0. The van der Waals surface area contributed by atoms with Gasteiger partial charge in [0.15, 0.2) is 5.79 Å². The maximum absolute atomic E-state index is 9.80. The highest BCUT2D eigenvalue weighted by molar-refractivity contribution is 5.02. The van der Waals surface area contributed by atoms with Crippen LogP contribution in [0.2, 0.25) is 0 Å². The van der Waals surface area contributed by atoms with Crippen molar-refractivity contribution < 1.29 is 14.6 Å². The Kier molecular flexibility index (Phi) is 3.47. The SMILES string of the molecule is C=CC(O)C1OC2(CCCCC2)OC1C=C. The van der Waals surface area contributed by atoms with Gasteiger partial charge in [-0.2, -0.15) is 0 Å². The third kappa shape index (κ3) is 2.08. The van der Waals surface area contributed by atoms with Crippen LogP contribution in [0.1, 0.15) is 32.1 Å². The molecule has 0 aromatic carbocycles. The van der Waals surface area contributed by atoms with Crippen molar-refractivity contribution in [2.75, 3.05) is 0 Å². The summed E-state index contributed by atoms with van der Waals surface area (Å²) in [6.07, 6.45) is 7.25. The molecule has 3 atom stereocenters. The van der Waals surface area contributed by atoms with Gasteiger partial charge in [-0.3, -0.25) is 0 Å². The molecule has 0 aromatic heterocycles. The van der Waals surface area contributed by atoms with Crippen LogP contribution < -0.4 is 0 Å². The Morgan fingerprint density at radius 3 is 2.44 bits per heavy atom. The first kappa shape index (κ1) is 11.8. The number of hydrogen-bond donors (Lipinski definition) is 1. The average Bonchev–Trinajstić information content (AvgIpc) is 2.68. The van der Waals surface area contributed by atoms with Crippen molar-refractivity contribution in [3.63, 3.8) is 0 Å². The number of rotatable bonds is 3. The van der Waals surface area contributed by atoms with Gasteiger partial charge in [0, 0.05) is 12.8 Å². The molecule has 1 N–H and O–H groups in total. The van der Waals surface area contributed by atoms with E-state index in [1.54, 1.807) is 6.08 Å². The summed E-state index contributed by atoms with van der Waals surface area (Å²) in [6.45, 7) is 7.32. The molecule has 1 aliphatic heterocycles. The Balaban J connectivity index is 2.10. The monoisotopic (exact) mass is 224 g/mol. The molecule has 0 radical (unpaired) electrons. The molecule has 0 bridgehead atoms. The van der Waals surface area contributed by atoms with Gasteiger partial charge in [0.25, 0.3) is 0 Å². The van der Waals surface area contributed by atoms with Crippen LogP contribution in [0.5, 0.6) is 0 Å². The number of hydrogen-bond acceptors (Lipinski definition) is 3. The van der Waals surface area contributed by atoms with Crippen molar-refractivity contribution >= 4 is 0 Å². The lowest BCUT2D eigenvalue weighted by Gasteiger charge is -2.32. The molecule has 0 aromatic rings. The van der Waals surface area contributed by atoms with Crippen LogP contribution in [0, 0.1) is 0 Å². The van der Waals surface area contributed by atoms with E-state index >= 15 is 0 Å². The molecule has 1 heterocycles. The lowest BCUT2D eigenvalue weighted by molar-refractivity contribution is -0.196. The van der Waals surface area contributed by atoms with Crippen molar-refractivity contribution in [2.24, 2.45) is 0 Å². The molecular weight excluding hydrogens is 204 g/mol. The molecule has 3 heteroatoms. The predicted octanol–water partition coefficient (Wildman–Crippen LogP) is 2.16. The quantitative estimate of drug-likeness (QED) is 0.747. The van der Waals surface area contributed by atoms with Gasteiger partial charge in [0.1, 0.15) is 18.3 Å². The van der Waals surface area contributed by atoms with Crippen LogP contribution in [0.25, 0.3) is 0 Å². The van der Waals surface area contributed by atoms with E-state index in [9.17, 15) is 5.11 Å². The summed E-state index contributed by atoms with van der Waals surface area (Å²) in [4.78, 5) is 0. The van der Waals surface area contributed by atoms with Gasteiger partial charge in [0.2, 0.25) is 0 Å². The Morgan fingerprint density at radius 2 is 1.88 bits per heavy atom. The van der Waals surface area contributed by atoms with E-state index < -0.39 is 11.9 Å². The summed E-state index contributed by atoms with van der Waals surface area (Å²) < 4.78 is 11.9. The van der Waals surface area contributed by atoms with Crippen molar-refractivity contribution in [2.45, 2.75) is 56.2 Å². The fourth-order valence-electron chi connectivity index (χ4n) is 2.56. The zero-order chi connectivity index (χ0) is 11.6. The fourth-order valence-corrected chi connectivity index (χ4v) is 2.56. The summed E-state index contributed by atoms with van der Waals surface area (Å²) >= 11 is 0. The summed E-state index contributed by atoms with van der Waals surface area (Å²) in [7, 11) is 0. The van der Waals surface area contributed by atoms with Crippen molar-refractivity contribution in [1.29, 1.82) is 0 Å². The molecule has 16 heavy (non-hydrogen) atoms. The summed E-state index contributed by atoms with van der Waals surface area (Å²) in [5, 5.41) is 9.80. The van der Waals surface area contributed by atoms with Gasteiger partial charge in [-0.25, -0.2) is 0 Å². The molecule has 2 rings (SSSR count). The molecule has 3 nitrogen and oxygen atoms in total. The highest BCUT2D eigenvalue weighted by atomic mass is 16.8.